The maximum atomic E-state index is 13.9. The second-order valence-electron chi connectivity index (χ2n) is 6.60. The summed E-state index contributed by atoms with van der Waals surface area (Å²) in [5.74, 6) is -1.02. The van der Waals surface area contributed by atoms with Gasteiger partial charge in [0.05, 0.1) is 17.9 Å². The van der Waals surface area contributed by atoms with E-state index < -0.39 is 17.6 Å². The van der Waals surface area contributed by atoms with Gasteiger partial charge in [0, 0.05) is 11.3 Å². The topological polar surface area (TPSA) is 85.6 Å². The first kappa shape index (κ1) is 21.7. The number of alkyl halides is 3. The standard InChI is InChI=1S/C20H14F4N6OS/c21-15-7-2-1-4-12(15)9-30-18-17(28-29-30)19(26-11-25-18)32-10-16(31)27-14-6-3-5-13(8-14)20(22,23)24/h1-8,11H,9-10H2,(H,27,31). The van der Waals surface area contributed by atoms with Gasteiger partial charge < -0.3 is 5.32 Å². The zero-order valence-electron chi connectivity index (χ0n) is 16.2. The molecule has 0 aliphatic heterocycles. The fourth-order valence-corrected chi connectivity index (χ4v) is 3.61. The molecule has 1 N–H and O–H groups in total. The van der Waals surface area contributed by atoms with Crippen LogP contribution < -0.4 is 5.32 Å². The molecule has 4 aromatic rings. The number of halogens is 4. The van der Waals surface area contributed by atoms with Gasteiger partial charge in [-0.15, -0.1) is 5.10 Å². The van der Waals surface area contributed by atoms with Crippen molar-refractivity contribution in [1.82, 2.24) is 25.0 Å². The number of thioether (sulfide) groups is 1. The van der Waals surface area contributed by atoms with Crippen molar-refractivity contribution >= 4 is 34.5 Å². The van der Waals surface area contributed by atoms with Crippen molar-refractivity contribution in [3.05, 3.63) is 71.8 Å². The molecule has 0 aliphatic rings. The quantitative estimate of drug-likeness (QED) is 0.263. The molecule has 0 unspecified atom stereocenters. The number of carbonyl (C=O) groups excluding carboxylic acids is 1. The highest BCUT2D eigenvalue weighted by molar-refractivity contribution is 8.00. The number of amides is 1. The summed E-state index contributed by atoms with van der Waals surface area (Å²) < 4.78 is 53.8. The molecule has 7 nitrogen and oxygen atoms in total. The zero-order valence-corrected chi connectivity index (χ0v) is 17.0. The summed E-state index contributed by atoms with van der Waals surface area (Å²) in [5.41, 5.74) is 0.290. The lowest BCUT2D eigenvalue weighted by molar-refractivity contribution is -0.137. The van der Waals surface area contributed by atoms with Crippen LogP contribution in [0.5, 0.6) is 0 Å². The third-order valence-electron chi connectivity index (χ3n) is 4.36. The SMILES string of the molecule is O=C(CSc1ncnc2c1nnn2Cc1ccccc1F)Nc1cccc(C(F)(F)F)c1. The van der Waals surface area contributed by atoms with Gasteiger partial charge in [-0.05, 0) is 24.3 Å². The molecule has 0 aliphatic carbocycles. The first-order valence-corrected chi connectivity index (χ1v) is 10.2. The Kier molecular flexibility index (Phi) is 6.04. The van der Waals surface area contributed by atoms with Crippen molar-refractivity contribution in [2.24, 2.45) is 0 Å². The minimum Gasteiger partial charge on any atom is -0.325 e. The first-order chi connectivity index (χ1) is 15.3. The molecular formula is C20H14F4N6OS. The van der Waals surface area contributed by atoms with Crippen LogP contribution in [0, 0.1) is 5.82 Å². The van der Waals surface area contributed by atoms with E-state index in [9.17, 15) is 22.4 Å². The summed E-state index contributed by atoms with van der Waals surface area (Å²) in [5, 5.41) is 10.8. The summed E-state index contributed by atoms with van der Waals surface area (Å²) in [6.45, 7) is 0.111. The molecule has 4 rings (SSSR count). The average Bonchev–Trinajstić information content (AvgIpc) is 3.17. The summed E-state index contributed by atoms with van der Waals surface area (Å²) >= 11 is 1.03. The monoisotopic (exact) mass is 462 g/mol. The molecule has 1 amide bonds. The van der Waals surface area contributed by atoms with Gasteiger partial charge in [-0.25, -0.2) is 19.0 Å². The van der Waals surface area contributed by atoms with Gasteiger partial charge in [0.25, 0.3) is 0 Å². The number of fused-ring (bicyclic) bond motifs is 1. The molecule has 164 valence electrons. The highest BCUT2D eigenvalue weighted by atomic mass is 32.2. The van der Waals surface area contributed by atoms with Crippen LogP contribution in [0.25, 0.3) is 11.2 Å². The number of nitrogens with one attached hydrogen (secondary N) is 1. The number of carbonyl (C=O) groups is 1. The normalized spacial score (nSPS) is 11.6. The van der Waals surface area contributed by atoms with Crippen molar-refractivity contribution in [1.29, 1.82) is 0 Å². The third-order valence-corrected chi connectivity index (χ3v) is 5.34. The highest BCUT2D eigenvalue weighted by Gasteiger charge is 2.30. The molecule has 32 heavy (non-hydrogen) atoms. The summed E-state index contributed by atoms with van der Waals surface area (Å²) in [6.07, 6.45) is -3.23. The molecule has 0 bridgehead atoms. The predicted octanol–water partition coefficient (Wildman–Crippen LogP) is 4.16. The second kappa shape index (κ2) is 8.91. The summed E-state index contributed by atoms with van der Waals surface area (Å²) in [6, 6.07) is 10.6. The van der Waals surface area contributed by atoms with Crippen LogP contribution >= 0.6 is 11.8 Å². The Morgan fingerprint density at radius 1 is 1.09 bits per heavy atom. The van der Waals surface area contributed by atoms with E-state index in [0.717, 1.165) is 23.9 Å². The molecule has 0 saturated heterocycles. The molecule has 2 aromatic carbocycles. The van der Waals surface area contributed by atoms with Gasteiger partial charge in [0.2, 0.25) is 5.91 Å². The molecule has 2 aromatic heterocycles. The summed E-state index contributed by atoms with van der Waals surface area (Å²) in [7, 11) is 0. The van der Waals surface area contributed by atoms with Crippen LogP contribution in [-0.2, 0) is 17.5 Å². The third kappa shape index (κ3) is 4.85. The van der Waals surface area contributed by atoms with Crippen molar-refractivity contribution in [3.8, 4) is 0 Å². The van der Waals surface area contributed by atoms with Gasteiger partial charge in [0.15, 0.2) is 11.2 Å². The Hall–Kier alpha value is -3.54. The van der Waals surface area contributed by atoms with Crippen molar-refractivity contribution < 1.29 is 22.4 Å². The lowest BCUT2D eigenvalue weighted by Gasteiger charge is -2.09. The van der Waals surface area contributed by atoms with Gasteiger partial charge in [0.1, 0.15) is 17.2 Å². The molecule has 0 saturated carbocycles. The Bertz CT molecular complexity index is 1280. The van der Waals surface area contributed by atoms with Gasteiger partial charge >= 0.3 is 6.18 Å². The fraction of sp³-hybridized carbons (Fsp3) is 0.150. The van der Waals surface area contributed by atoms with Crippen LogP contribution in [0.2, 0.25) is 0 Å². The van der Waals surface area contributed by atoms with Gasteiger partial charge in [-0.2, -0.15) is 13.2 Å². The minimum atomic E-state index is -4.50. The number of aromatic nitrogens is 5. The Labute approximate surface area is 182 Å². The molecule has 0 radical (unpaired) electrons. The van der Waals surface area contributed by atoms with E-state index >= 15 is 0 Å². The molecule has 2 heterocycles. The minimum absolute atomic E-state index is 0.0362. The van der Waals surface area contributed by atoms with E-state index in [-0.39, 0.29) is 23.8 Å². The molecule has 0 fully saturated rings. The maximum Gasteiger partial charge on any atom is 0.416 e. The molecule has 0 atom stereocenters. The number of anilines is 1. The lowest BCUT2D eigenvalue weighted by Crippen LogP contribution is -2.15. The largest absolute Gasteiger partial charge is 0.416 e. The van der Waals surface area contributed by atoms with Crippen molar-refractivity contribution in [3.63, 3.8) is 0 Å². The van der Waals surface area contributed by atoms with E-state index in [2.05, 4.69) is 25.6 Å². The van der Waals surface area contributed by atoms with E-state index in [4.69, 9.17) is 0 Å². The number of rotatable bonds is 6. The highest BCUT2D eigenvalue weighted by Crippen LogP contribution is 2.31. The smallest absolute Gasteiger partial charge is 0.325 e. The number of benzene rings is 2. The van der Waals surface area contributed by atoms with Crippen LogP contribution in [0.1, 0.15) is 11.1 Å². The van der Waals surface area contributed by atoms with Gasteiger partial charge in [-0.1, -0.05) is 41.2 Å². The van der Waals surface area contributed by atoms with Crippen LogP contribution in [0.15, 0.2) is 59.9 Å². The van der Waals surface area contributed by atoms with Gasteiger partial charge in [-0.3, -0.25) is 4.79 Å². The molecule has 0 spiro atoms. The Morgan fingerprint density at radius 2 is 1.91 bits per heavy atom. The lowest BCUT2D eigenvalue weighted by atomic mass is 10.2. The van der Waals surface area contributed by atoms with Crippen LogP contribution in [-0.4, -0.2) is 36.6 Å². The summed E-state index contributed by atoms with van der Waals surface area (Å²) in [4.78, 5) is 20.5. The maximum absolute atomic E-state index is 13.9. The van der Waals surface area contributed by atoms with Crippen molar-refractivity contribution in [2.75, 3.05) is 11.1 Å². The predicted molar refractivity (Wildman–Crippen MR) is 109 cm³/mol. The average molecular weight is 462 g/mol. The molecule has 12 heteroatoms. The van der Waals surface area contributed by atoms with Crippen LogP contribution in [0.4, 0.5) is 23.2 Å². The van der Waals surface area contributed by atoms with E-state index in [1.54, 1.807) is 18.2 Å². The van der Waals surface area contributed by atoms with E-state index in [1.807, 2.05) is 0 Å². The Balaban J connectivity index is 1.45. The Morgan fingerprint density at radius 3 is 2.69 bits per heavy atom. The number of hydrogen-bond donors (Lipinski definition) is 1. The first-order valence-electron chi connectivity index (χ1n) is 9.19. The molecular weight excluding hydrogens is 448 g/mol. The fourth-order valence-electron chi connectivity index (χ4n) is 2.88. The number of nitrogens with zero attached hydrogens (tertiary/aromatic N) is 5. The van der Waals surface area contributed by atoms with Crippen LogP contribution in [0.3, 0.4) is 0 Å². The zero-order chi connectivity index (χ0) is 22.7. The van der Waals surface area contributed by atoms with Crippen molar-refractivity contribution in [2.45, 2.75) is 17.7 Å². The van der Waals surface area contributed by atoms with E-state index in [0.29, 0.717) is 21.8 Å². The second-order valence-corrected chi connectivity index (χ2v) is 7.57. The van der Waals surface area contributed by atoms with E-state index in [1.165, 1.54) is 29.2 Å². The number of hydrogen-bond acceptors (Lipinski definition) is 6.